The molecule has 8 nitrogen and oxygen atoms in total. The third-order valence-electron chi connectivity index (χ3n) is 4.22. The zero-order valence-corrected chi connectivity index (χ0v) is 17.6. The van der Waals surface area contributed by atoms with Crippen LogP contribution in [0.3, 0.4) is 0 Å². The van der Waals surface area contributed by atoms with Crippen LogP contribution in [0.1, 0.15) is 49.9 Å². The zero-order valence-electron chi connectivity index (χ0n) is 16.8. The molecule has 2 aromatic carbocycles. The first-order chi connectivity index (χ1) is 13.8. The Morgan fingerprint density at radius 3 is 2.27 bits per heavy atom. The largest absolute Gasteiger partial charge is 0.463 e. The lowest BCUT2D eigenvalue weighted by molar-refractivity contribution is -0.385. The monoisotopic (exact) mass is 435 g/mol. The number of benzene rings is 2. The number of nitrogens with one attached hydrogen (secondary N) is 1. The molecule has 2 rings (SSSR count). The van der Waals surface area contributed by atoms with Crippen LogP contribution < -0.4 is 11.1 Å². The Kier molecular flexibility index (Phi) is 9.94. The standard InChI is InChI=1S/C21H25N3O5.ClH/c1-14(2)29-21(26)13-18(16-10-6-7-11-19(16)24(27)28)23-20(25)12-17(22)15-8-4-3-5-9-15;/h3-11,14,17-18H,12-13,22H2,1-2H3,(H,23,25);1H. The number of esters is 1. The number of amides is 1. The minimum absolute atomic E-state index is 0. The SMILES string of the molecule is CC(C)OC(=O)CC(NC(=O)CC(N)c1ccccc1)c1ccccc1[N+](=O)[O-].Cl. The predicted molar refractivity (Wildman–Crippen MR) is 115 cm³/mol. The van der Waals surface area contributed by atoms with Gasteiger partial charge in [0.1, 0.15) is 0 Å². The van der Waals surface area contributed by atoms with E-state index in [9.17, 15) is 19.7 Å². The third-order valence-corrected chi connectivity index (χ3v) is 4.22. The second-order valence-electron chi connectivity index (χ2n) is 6.90. The summed E-state index contributed by atoms with van der Waals surface area (Å²) in [5.74, 6) is -0.974. The lowest BCUT2D eigenvalue weighted by atomic mass is 10.00. The Morgan fingerprint density at radius 2 is 1.67 bits per heavy atom. The Morgan fingerprint density at radius 1 is 1.07 bits per heavy atom. The molecule has 9 heteroatoms. The summed E-state index contributed by atoms with van der Waals surface area (Å²) in [4.78, 5) is 35.6. The third kappa shape index (κ3) is 7.46. The summed E-state index contributed by atoms with van der Waals surface area (Å²) in [5.41, 5.74) is 6.95. The van der Waals surface area contributed by atoms with Gasteiger partial charge in [0, 0.05) is 18.5 Å². The summed E-state index contributed by atoms with van der Waals surface area (Å²) in [6.45, 7) is 3.41. The van der Waals surface area contributed by atoms with Crippen molar-refractivity contribution in [3.8, 4) is 0 Å². The highest BCUT2D eigenvalue weighted by Crippen LogP contribution is 2.28. The van der Waals surface area contributed by atoms with Gasteiger partial charge in [-0.25, -0.2) is 0 Å². The van der Waals surface area contributed by atoms with Crippen LogP contribution in [0.5, 0.6) is 0 Å². The minimum Gasteiger partial charge on any atom is -0.463 e. The molecule has 0 saturated heterocycles. The van der Waals surface area contributed by atoms with Crippen LogP contribution in [0.15, 0.2) is 54.6 Å². The molecule has 1 amide bonds. The second-order valence-corrected chi connectivity index (χ2v) is 6.90. The molecule has 2 aromatic rings. The van der Waals surface area contributed by atoms with E-state index >= 15 is 0 Å². The highest BCUT2D eigenvalue weighted by Gasteiger charge is 2.27. The summed E-state index contributed by atoms with van der Waals surface area (Å²) in [5, 5.41) is 14.1. The van der Waals surface area contributed by atoms with E-state index < -0.39 is 28.9 Å². The lowest BCUT2D eigenvalue weighted by Gasteiger charge is -2.20. The number of ether oxygens (including phenoxy) is 1. The smallest absolute Gasteiger partial charge is 0.308 e. The molecule has 0 aliphatic carbocycles. The Labute approximate surface area is 181 Å². The van der Waals surface area contributed by atoms with Crippen molar-refractivity contribution < 1.29 is 19.2 Å². The van der Waals surface area contributed by atoms with Crippen LogP contribution in [0.25, 0.3) is 0 Å². The van der Waals surface area contributed by atoms with E-state index in [-0.39, 0.29) is 42.6 Å². The lowest BCUT2D eigenvalue weighted by Crippen LogP contribution is -2.33. The van der Waals surface area contributed by atoms with E-state index in [1.807, 2.05) is 30.3 Å². The minimum atomic E-state index is -0.904. The molecule has 0 fully saturated rings. The normalized spacial score (nSPS) is 12.4. The number of hydrogen-bond acceptors (Lipinski definition) is 6. The average molecular weight is 436 g/mol. The number of carbonyl (C=O) groups is 2. The molecule has 0 heterocycles. The van der Waals surface area contributed by atoms with E-state index in [4.69, 9.17) is 10.5 Å². The fourth-order valence-corrected chi connectivity index (χ4v) is 2.94. The molecule has 162 valence electrons. The van der Waals surface area contributed by atoms with Crippen molar-refractivity contribution in [2.45, 2.75) is 44.9 Å². The zero-order chi connectivity index (χ0) is 21.4. The highest BCUT2D eigenvalue weighted by atomic mass is 35.5. The van der Waals surface area contributed by atoms with Crippen molar-refractivity contribution in [1.82, 2.24) is 5.32 Å². The fraction of sp³-hybridized carbons (Fsp3) is 0.333. The molecule has 2 atom stereocenters. The van der Waals surface area contributed by atoms with E-state index in [0.29, 0.717) is 0 Å². The number of nitro groups is 1. The van der Waals surface area contributed by atoms with Gasteiger partial charge in [-0.3, -0.25) is 19.7 Å². The molecule has 0 aliphatic heterocycles. The number of carbonyl (C=O) groups excluding carboxylic acids is 2. The predicted octanol–water partition coefficient (Wildman–Crippen LogP) is 3.61. The van der Waals surface area contributed by atoms with Gasteiger partial charge < -0.3 is 15.8 Å². The van der Waals surface area contributed by atoms with Gasteiger partial charge in [0.25, 0.3) is 5.69 Å². The van der Waals surface area contributed by atoms with E-state index in [1.165, 1.54) is 18.2 Å². The van der Waals surface area contributed by atoms with Gasteiger partial charge in [-0.15, -0.1) is 12.4 Å². The van der Waals surface area contributed by atoms with Crippen LogP contribution in [-0.4, -0.2) is 22.9 Å². The maximum absolute atomic E-state index is 12.6. The number of hydrogen-bond donors (Lipinski definition) is 2. The van der Waals surface area contributed by atoms with Crippen LogP contribution >= 0.6 is 12.4 Å². The van der Waals surface area contributed by atoms with Crippen LogP contribution in [0.4, 0.5) is 5.69 Å². The first kappa shape index (κ1) is 25.1. The maximum atomic E-state index is 12.6. The fourth-order valence-electron chi connectivity index (χ4n) is 2.94. The number of nitro benzene ring substituents is 1. The van der Waals surface area contributed by atoms with Gasteiger partial charge in [0.15, 0.2) is 0 Å². The Balaban J connectivity index is 0.00000450. The Bertz CT molecular complexity index is 861. The molecule has 0 bridgehead atoms. The van der Waals surface area contributed by atoms with Crippen molar-refractivity contribution in [1.29, 1.82) is 0 Å². The second kappa shape index (κ2) is 11.9. The molecular weight excluding hydrogens is 410 g/mol. The number of nitrogens with zero attached hydrogens (tertiary/aromatic N) is 1. The number of halogens is 1. The molecule has 2 unspecified atom stereocenters. The molecule has 0 radical (unpaired) electrons. The van der Waals surface area contributed by atoms with Crippen LogP contribution in [-0.2, 0) is 14.3 Å². The summed E-state index contributed by atoms with van der Waals surface area (Å²) in [6.07, 6.45) is -0.591. The van der Waals surface area contributed by atoms with Gasteiger partial charge in [0.2, 0.25) is 5.91 Å². The molecule has 0 spiro atoms. The van der Waals surface area contributed by atoms with E-state index in [1.54, 1.807) is 19.9 Å². The summed E-state index contributed by atoms with van der Waals surface area (Å²) < 4.78 is 5.15. The van der Waals surface area contributed by atoms with Gasteiger partial charge in [-0.2, -0.15) is 0 Å². The highest BCUT2D eigenvalue weighted by molar-refractivity contribution is 5.85. The van der Waals surface area contributed by atoms with Crippen LogP contribution in [0, 0.1) is 10.1 Å². The molecular formula is C21H26ClN3O5. The average Bonchev–Trinajstić information content (AvgIpc) is 2.67. The molecule has 30 heavy (non-hydrogen) atoms. The van der Waals surface area contributed by atoms with Crippen molar-refractivity contribution in [3.63, 3.8) is 0 Å². The van der Waals surface area contributed by atoms with Crippen molar-refractivity contribution in [2.75, 3.05) is 0 Å². The quantitative estimate of drug-likeness (QED) is 0.352. The molecule has 0 aliphatic rings. The number of para-hydroxylation sites is 1. The van der Waals surface area contributed by atoms with Gasteiger partial charge in [0.05, 0.1) is 29.1 Å². The van der Waals surface area contributed by atoms with E-state index in [0.717, 1.165) is 5.56 Å². The van der Waals surface area contributed by atoms with Crippen molar-refractivity contribution in [3.05, 3.63) is 75.8 Å². The maximum Gasteiger partial charge on any atom is 0.308 e. The first-order valence-electron chi connectivity index (χ1n) is 9.30. The van der Waals surface area contributed by atoms with Crippen molar-refractivity contribution in [2.24, 2.45) is 5.73 Å². The topological polar surface area (TPSA) is 125 Å². The number of rotatable bonds is 9. The molecule has 3 N–H and O–H groups in total. The first-order valence-corrected chi connectivity index (χ1v) is 9.30. The number of nitrogens with two attached hydrogens (primary N) is 1. The van der Waals surface area contributed by atoms with E-state index in [2.05, 4.69) is 5.32 Å². The van der Waals surface area contributed by atoms with Gasteiger partial charge in [-0.05, 0) is 19.4 Å². The van der Waals surface area contributed by atoms with Gasteiger partial charge in [-0.1, -0.05) is 48.5 Å². The summed E-state index contributed by atoms with van der Waals surface area (Å²) in [7, 11) is 0. The van der Waals surface area contributed by atoms with Crippen molar-refractivity contribution >= 4 is 30.0 Å². The van der Waals surface area contributed by atoms with Crippen LogP contribution in [0.2, 0.25) is 0 Å². The molecule has 0 aromatic heterocycles. The van der Waals surface area contributed by atoms with Gasteiger partial charge >= 0.3 is 5.97 Å². The Hall–Kier alpha value is -2.97. The summed E-state index contributed by atoms with van der Waals surface area (Å²) >= 11 is 0. The molecule has 0 saturated carbocycles. The summed E-state index contributed by atoms with van der Waals surface area (Å²) in [6, 6.07) is 13.7.